The Hall–Kier alpha value is -11.4. The molecule has 0 radical (unpaired) electrons. The fourth-order valence-corrected chi connectivity index (χ4v) is 15.5. The van der Waals surface area contributed by atoms with Crippen molar-refractivity contribution in [1.82, 2.24) is 0 Å². The number of rotatable bonds is 5. The van der Waals surface area contributed by atoms with E-state index in [0.717, 1.165) is 130 Å². The Bertz CT molecular complexity index is 5070. The molecule has 0 atom stereocenters. The van der Waals surface area contributed by atoms with Crippen LogP contribution in [-0.2, 0) is 5.41 Å². The number of nitrogens with zero attached hydrogens (tertiary/aromatic N) is 7. The van der Waals surface area contributed by atoms with Crippen molar-refractivity contribution in [2.75, 3.05) is 24.5 Å². The second-order valence-corrected chi connectivity index (χ2v) is 25.0. The molecule has 0 fully saturated rings. The summed E-state index contributed by atoms with van der Waals surface area (Å²) in [5, 5.41) is 22.0. The summed E-state index contributed by atoms with van der Waals surface area (Å²) >= 11 is 0. The summed E-state index contributed by atoms with van der Waals surface area (Å²) in [5.74, 6) is 1.62. The molecule has 0 saturated heterocycles. The van der Waals surface area contributed by atoms with Crippen LogP contribution in [0.15, 0.2) is 261 Å². The lowest BCUT2D eigenvalue weighted by Gasteiger charge is -2.47. The molecule has 0 bridgehead atoms. The average Bonchev–Trinajstić information content (AvgIpc) is 0.733. The minimum absolute atomic E-state index is 0.222. The molecule has 6 aliphatic heterocycles. The second kappa shape index (κ2) is 19.1. The van der Waals surface area contributed by atoms with Crippen LogP contribution in [0.5, 0.6) is 11.5 Å². The molecule has 18 rings (SSSR count). The third-order valence-corrected chi connectivity index (χ3v) is 19.2. The molecule has 11 heteroatoms. The van der Waals surface area contributed by atoms with Crippen molar-refractivity contribution in [1.29, 1.82) is 10.5 Å². The number of hydrogen-bond acceptors (Lipinski definition) is 8. The number of hydrogen-bond donors (Lipinski definition) is 0. The zero-order valence-corrected chi connectivity index (χ0v) is 49.1. The van der Waals surface area contributed by atoms with Gasteiger partial charge in [0.25, 0.3) is 20.1 Å². The van der Waals surface area contributed by atoms with Crippen LogP contribution in [0.1, 0.15) is 37.5 Å². The Kier molecular flexibility index (Phi) is 10.9. The molecule has 0 aromatic heterocycles. The lowest BCUT2D eigenvalue weighted by Crippen LogP contribution is -2.66. The van der Waals surface area contributed by atoms with Gasteiger partial charge in [-0.25, -0.2) is 0 Å². The number of nitriles is 2. The highest BCUT2D eigenvalue weighted by atomic mass is 16.5. The molecule has 0 unspecified atom stereocenters. The molecule has 89 heavy (non-hydrogen) atoms. The van der Waals surface area contributed by atoms with Crippen LogP contribution >= 0.6 is 0 Å². The van der Waals surface area contributed by atoms with E-state index in [-0.39, 0.29) is 25.6 Å². The highest BCUT2D eigenvalue weighted by Gasteiger charge is 2.51. The Morgan fingerprint density at radius 2 is 0.618 bits per heavy atom. The number of fused-ring (bicyclic) bond motifs is 12. The number of ether oxygens (including phenoxy) is 1. The van der Waals surface area contributed by atoms with Gasteiger partial charge in [-0.3, -0.25) is 0 Å². The summed E-state index contributed by atoms with van der Waals surface area (Å²) in [6.45, 7) is 6.10. The highest BCUT2D eigenvalue weighted by molar-refractivity contribution is 7.04. The van der Waals surface area contributed by atoms with E-state index in [2.05, 4.69) is 318 Å². The third kappa shape index (κ3) is 7.37. The van der Waals surface area contributed by atoms with Gasteiger partial charge in [0.05, 0.1) is 23.3 Å². The van der Waals surface area contributed by atoms with Gasteiger partial charge >= 0.3 is 0 Å². The van der Waals surface area contributed by atoms with Crippen LogP contribution in [0.3, 0.4) is 0 Å². The van der Waals surface area contributed by atoms with Gasteiger partial charge in [0, 0.05) is 91.4 Å². The maximum atomic E-state index is 11.1. The topological polar surface area (TPSA) is 73.0 Å². The Morgan fingerprint density at radius 1 is 0.292 bits per heavy atom. The zero-order valence-electron chi connectivity index (χ0n) is 49.1. The smallest absolute Gasteiger partial charge is 0.256 e. The first-order valence-electron chi connectivity index (χ1n) is 30.5. The molecule has 6 aliphatic rings. The SMILES string of the molecule is CC(C)(C)c1cc2c3c(c1)N(c1ccccc1)c1cc4c(cc1B3c1cc3c(cc1O2)N(c1ccccc1)c1cc(C#N)cc2c1B3c1ccccc1N2c1ccccc1)B1c2ccccc2N(c2ccccc2)c2cc(C#N)cc(c21)N4c1ccccc1. The second-order valence-electron chi connectivity index (χ2n) is 25.0. The van der Waals surface area contributed by atoms with Crippen LogP contribution in [-0.4, -0.2) is 20.1 Å². The number of para-hydroxylation sites is 7. The molecule has 0 saturated carbocycles. The minimum atomic E-state index is -0.304. The average molecular weight is 1140 g/mol. The quantitative estimate of drug-likeness (QED) is 0.158. The van der Waals surface area contributed by atoms with E-state index in [4.69, 9.17) is 4.74 Å². The van der Waals surface area contributed by atoms with Crippen LogP contribution < -0.4 is 78.4 Å². The maximum Gasteiger partial charge on any atom is 0.256 e. The van der Waals surface area contributed by atoms with Crippen LogP contribution in [0.25, 0.3) is 0 Å². The monoisotopic (exact) mass is 1140 g/mol. The predicted molar refractivity (Wildman–Crippen MR) is 368 cm³/mol. The van der Waals surface area contributed by atoms with E-state index < -0.39 is 0 Å². The van der Waals surface area contributed by atoms with Gasteiger partial charge in [-0.15, -0.1) is 0 Å². The molecule has 12 aromatic carbocycles. The molecular weight excluding hydrogens is 1080 g/mol. The fraction of sp³-hybridized carbons (Fsp3) is 0.0513. The van der Waals surface area contributed by atoms with Gasteiger partial charge in [-0.05, 0) is 175 Å². The highest BCUT2D eigenvalue weighted by Crippen LogP contribution is 2.51. The summed E-state index contributed by atoms with van der Waals surface area (Å²) in [7, 11) is 0. The molecule has 0 spiro atoms. The van der Waals surface area contributed by atoms with E-state index in [0.29, 0.717) is 11.1 Å². The fourth-order valence-electron chi connectivity index (χ4n) is 15.5. The number of anilines is 15. The summed E-state index contributed by atoms with van der Waals surface area (Å²) < 4.78 is 7.66. The lowest BCUT2D eigenvalue weighted by atomic mass is 9.29. The molecule has 12 aromatic rings. The standard InChI is InChI=1S/C78H52B3N7O/c1-78(2,3)51-41-72-77-74(42-51)89-73-46-67-61(80-58-34-20-22-36-64(58)85(53-25-11-5-12-26-53)69-38-50(48-83)40-71(76(69)80)88(67)56-31-17-8-18-32-56)44-62(73)81(77)60-43-59-65(45-66(60)87(72)55-29-15-7-16-30-55)86(54-27-13-6-14-28-54)70-39-49(47-82)37-68-75(70)79(59)57-33-19-21-35-63(57)84(68)52-23-9-4-10-24-52/h4-46H,1-3H3. The minimum Gasteiger partial charge on any atom is -0.458 e. The van der Waals surface area contributed by atoms with Gasteiger partial charge in [-0.1, -0.05) is 160 Å². The van der Waals surface area contributed by atoms with E-state index in [1.165, 1.54) is 21.9 Å². The molecule has 414 valence electrons. The third-order valence-electron chi connectivity index (χ3n) is 19.2. The largest absolute Gasteiger partial charge is 0.458 e. The van der Waals surface area contributed by atoms with Crippen molar-refractivity contribution >= 4 is 155 Å². The summed E-state index contributed by atoms with van der Waals surface area (Å²) in [5.41, 5.74) is 27.7. The normalized spacial score (nSPS) is 13.9. The Balaban J connectivity index is 0.955. The van der Waals surface area contributed by atoms with E-state index in [1.54, 1.807) is 0 Å². The first-order valence-corrected chi connectivity index (χ1v) is 30.5. The Morgan fingerprint density at radius 3 is 1.00 bits per heavy atom. The molecule has 0 aliphatic carbocycles. The number of benzene rings is 12. The lowest BCUT2D eigenvalue weighted by molar-refractivity contribution is 0.483. The Labute approximate surface area is 518 Å². The molecular formula is C78H52B3N7O. The van der Waals surface area contributed by atoms with Gasteiger partial charge in [0.15, 0.2) is 0 Å². The van der Waals surface area contributed by atoms with Crippen molar-refractivity contribution in [2.45, 2.75) is 26.2 Å². The summed E-state index contributed by atoms with van der Waals surface area (Å²) in [4.78, 5) is 12.0. The molecule has 8 nitrogen and oxygen atoms in total. The van der Waals surface area contributed by atoms with Crippen LogP contribution in [0, 0.1) is 22.7 Å². The summed E-state index contributed by atoms with van der Waals surface area (Å²) in [6, 6.07) is 99.0. The molecule has 6 heterocycles. The van der Waals surface area contributed by atoms with Gasteiger partial charge in [0.2, 0.25) is 0 Å². The summed E-state index contributed by atoms with van der Waals surface area (Å²) in [6.07, 6.45) is 0. The van der Waals surface area contributed by atoms with Gasteiger partial charge in [0.1, 0.15) is 11.5 Å². The van der Waals surface area contributed by atoms with E-state index in [9.17, 15) is 10.5 Å². The van der Waals surface area contributed by atoms with Crippen LogP contribution in [0.2, 0.25) is 0 Å². The first kappa shape index (κ1) is 50.9. The van der Waals surface area contributed by atoms with Gasteiger partial charge < -0.3 is 29.2 Å². The van der Waals surface area contributed by atoms with E-state index >= 15 is 0 Å². The van der Waals surface area contributed by atoms with Gasteiger partial charge in [-0.2, -0.15) is 10.5 Å². The molecule has 0 N–H and O–H groups in total. The van der Waals surface area contributed by atoms with Crippen LogP contribution in [0.4, 0.5) is 85.3 Å². The van der Waals surface area contributed by atoms with Crippen molar-refractivity contribution in [3.8, 4) is 23.6 Å². The van der Waals surface area contributed by atoms with E-state index in [1.807, 2.05) is 0 Å². The van der Waals surface area contributed by atoms with Crippen molar-refractivity contribution in [2.24, 2.45) is 0 Å². The molecule has 0 amide bonds. The maximum absolute atomic E-state index is 11.1. The zero-order chi connectivity index (χ0) is 59.4. The van der Waals surface area contributed by atoms with Crippen molar-refractivity contribution in [3.05, 3.63) is 278 Å². The van der Waals surface area contributed by atoms with Crippen molar-refractivity contribution < 1.29 is 4.74 Å². The first-order chi connectivity index (χ1) is 43.7. The predicted octanol–water partition coefficient (Wildman–Crippen LogP) is 13.3. The van der Waals surface area contributed by atoms with Crippen molar-refractivity contribution in [3.63, 3.8) is 0 Å².